The fourth-order valence-electron chi connectivity index (χ4n) is 3.52. The maximum absolute atomic E-state index is 12.6. The van der Waals surface area contributed by atoms with Crippen LogP contribution in [0.5, 0.6) is 0 Å². The zero-order valence-corrected chi connectivity index (χ0v) is 17.4. The molecule has 1 aliphatic heterocycles. The molecule has 2 aromatic carbocycles. The lowest BCUT2D eigenvalue weighted by atomic mass is 9.89. The smallest absolute Gasteiger partial charge is 0.276 e. The Morgan fingerprint density at radius 3 is 2.56 bits per heavy atom. The molecule has 0 spiro atoms. The molecule has 1 N–H and O–H groups in total. The van der Waals surface area contributed by atoms with Gasteiger partial charge in [-0.25, -0.2) is 4.68 Å². The third kappa shape index (κ3) is 3.81. The van der Waals surface area contributed by atoms with Crippen LogP contribution in [0.3, 0.4) is 0 Å². The van der Waals surface area contributed by atoms with E-state index in [1.807, 2.05) is 48.6 Å². The van der Waals surface area contributed by atoms with Crippen LogP contribution >= 0.6 is 11.6 Å². The van der Waals surface area contributed by atoms with Crippen molar-refractivity contribution in [1.29, 1.82) is 0 Å². The number of fused-ring (bicyclic) bond motifs is 1. The van der Waals surface area contributed by atoms with Crippen molar-refractivity contribution >= 4 is 34.8 Å². The summed E-state index contributed by atoms with van der Waals surface area (Å²) in [5, 5.41) is 15.6. The van der Waals surface area contributed by atoms with E-state index in [1.54, 1.807) is 35.1 Å². The van der Waals surface area contributed by atoms with Crippen molar-refractivity contribution in [2.75, 3.05) is 5.32 Å². The van der Waals surface area contributed by atoms with Gasteiger partial charge in [-0.15, -0.1) is 10.2 Å². The minimum Gasteiger partial charge on any atom is -0.322 e. The quantitative estimate of drug-likeness (QED) is 0.601. The predicted octanol–water partition coefficient (Wildman–Crippen LogP) is 5.22. The van der Waals surface area contributed by atoms with Gasteiger partial charge in [0.25, 0.3) is 11.8 Å². The van der Waals surface area contributed by atoms with E-state index in [0.29, 0.717) is 22.0 Å². The molecule has 2 amide bonds. The van der Waals surface area contributed by atoms with Gasteiger partial charge in [0, 0.05) is 22.5 Å². The Bertz CT molecular complexity index is 1330. The number of anilines is 1. The van der Waals surface area contributed by atoms with Crippen molar-refractivity contribution in [3.63, 3.8) is 0 Å². The van der Waals surface area contributed by atoms with E-state index < -0.39 is 5.92 Å². The molecule has 3 aromatic rings. The van der Waals surface area contributed by atoms with Gasteiger partial charge in [-0.3, -0.25) is 9.59 Å². The van der Waals surface area contributed by atoms with Crippen LogP contribution in [-0.4, -0.2) is 21.6 Å². The Morgan fingerprint density at radius 2 is 1.78 bits per heavy atom. The number of hydrogen-bond donors (Lipinski definition) is 1. The Labute approximate surface area is 188 Å². The van der Waals surface area contributed by atoms with Crippen LogP contribution in [0.2, 0.25) is 5.02 Å². The molecule has 156 valence electrons. The van der Waals surface area contributed by atoms with E-state index in [4.69, 9.17) is 11.6 Å². The molecular formula is C24H16ClN5O2. The van der Waals surface area contributed by atoms with Crippen LogP contribution in [0.4, 0.5) is 5.69 Å². The summed E-state index contributed by atoms with van der Waals surface area (Å²) in [5.41, 5.74) is 4.14. The fraction of sp³-hybridized carbons (Fsp3) is 0.0417. The normalized spacial score (nSPS) is 16.9. The van der Waals surface area contributed by atoms with Crippen molar-refractivity contribution in [3.05, 3.63) is 107 Å². The van der Waals surface area contributed by atoms with Crippen LogP contribution in [0.1, 0.15) is 15.9 Å². The highest BCUT2D eigenvalue weighted by molar-refractivity contribution is 6.30. The van der Waals surface area contributed by atoms with Gasteiger partial charge in [-0.05, 0) is 42.0 Å². The zero-order valence-electron chi connectivity index (χ0n) is 16.6. The molecule has 32 heavy (non-hydrogen) atoms. The minimum atomic E-state index is -0.399. The van der Waals surface area contributed by atoms with Gasteiger partial charge in [-0.1, -0.05) is 48.0 Å². The van der Waals surface area contributed by atoms with Gasteiger partial charge in [0.05, 0.1) is 29.1 Å². The summed E-state index contributed by atoms with van der Waals surface area (Å²) in [6.07, 6.45) is 10.6. The molecule has 7 nitrogen and oxygen atoms in total. The van der Waals surface area contributed by atoms with E-state index in [9.17, 15) is 9.59 Å². The van der Waals surface area contributed by atoms with E-state index in [2.05, 4.69) is 20.6 Å². The average molecular weight is 442 g/mol. The molecule has 8 heteroatoms. The number of nitrogens with zero attached hydrogens (tertiary/aromatic N) is 4. The lowest BCUT2D eigenvalue weighted by Crippen LogP contribution is -2.17. The monoisotopic (exact) mass is 441 g/mol. The van der Waals surface area contributed by atoms with Crippen LogP contribution < -0.4 is 5.32 Å². The summed E-state index contributed by atoms with van der Waals surface area (Å²) in [7, 11) is 0. The summed E-state index contributed by atoms with van der Waals surface area (Å²) in [4.78, 5) is 24.6. The number of carbonyl (C=O) groups is 2. The number of rotatable bonds is 4. The molecule has 1 unspecified atom stereocenters. The topological polar surface area (TPSA) is 88.7 Å². The molecule has 1 aliphatic carbocycles. The highest BCUT2D eigenvalue weighted by Gasteiger charge is 2.27. The Hall–Kier alpha value is -4.10. The molecule has 1 aromatic heterocycles. The second-order valence-corrected chi connectivity index (χ2v) is 7.68. The molecule has 0 saturated carbocycles. The number of allylic oxidation sites excluding steroid dienone is 3. The first kappa shape index (κ1) is 19.8. The van der Waals surface area contributed by atoms with Crippen LogP contribution in [-0.2, 0) is 4.79 Å². The first-order valence-corrected chi connectivity index (χ1v) is 10.2. The maximum atomic E-state index is 12.6. The van der Waals surface area contributed by atoms with Crippen LogP contribution in [0.25, 0.3) is 11.4 Å². The molecular weight excluding hydrogens is 426 g/mol. The number of azo groups is 1. The maximum Gasteiger partial charge on any atom is 0.276 e. The lowest BCUT2D eigenvalue weighted by molar-refractivity contribution is -0.119. The van der Waals surface area contributed by atoms with Gasteiger partial charge in [0.1, 0.15) is 0 Å². The Balaban J connectivity index is 1.32. The van der Waals surface area contributed by atoms with Gasteiger partial charge < -0.3 is 5.32 Å². The SMILES string of the molecule is O=C(Nc1ccc(C2=C3C=CC=CC3C(=O)N=N2)cc1)c1cnn(-c2ccc(Cl)cc2)c1. The minimum absolute atomic E-state index is 0.271. The van der Waals surface area contributed by atoms with Crippen molar-refractivity contribution < 1.29 is 9.59 Å². The molecule has 0 fully saturated rings. The van der Waals surface area contributed by atoms with Crippen LogP contribution in [0, 0.1) is 5.92 Å². The van der Waals surface area contributed by atoms with Crippen molar-refractivity contribution in [2.45, 2.75) is 0 Å². The largest absolute Gasteiger partial charge is 0.322 e. The van der Waals surface area contributed by atoms with Crippen molar-refractivity contribution in [2.24, 2.45) is 16.1 Å². The number of hydrogen-bond acceptors (Lipinski definition) is 4. The molecule has 0 saturated heterocycles. The second-order valence-electron chi connectivity index (χ2n) is 7.25. The van der Waals surface area contributed by atoms with E-state index in [0.717, 1.165) is 16.8 Å². The molecule has 5 rings (SSSR count). The average Bonchev–Trinajstić information content (AvgIpc) is 3.31. The van der Waals surface area contributed by atoms with Crippen molar-refractivity contribution in [1.82, 2.24) is 9.78 Å². The van der Waals surface area contributed by atoms with Gasteiger partial charge in [0.2, 0.25) is 0 Å². The first-order chi connectivity index (χ1) is 15.6. The molecule has 0 radical (unpaired) electrons. The number of amides is 2. The van der Waals surface area contributed by atoms with E-state index >= 15 is 0 Å². The third-order valence-electron chi connectivity index (χ3n) is 5.17. The van der Waals surface area contributed by atoms with E-state index in [-0.39, 0.29) is 11.8 Å². The Morgan fingerprint density at radius 1 is 1.00 bits per heavy atom. The van der Waals surface area contributed by atoms with Gasteiger partial charge in [0.15, 0.2) is 0 Å². The summed E-state index contributed by atoms with van der Waals surface area (Å²) >= 11 is 5.92. The summed E-state index contributed by atoms with van der Waals surface area (Å²) in [5.74, 6) is -0.945. The van der Waals surface area contributed by atoms with Crippen molar-refractivity contribution in [3.8, 4) is 5.69 Å². The van der Waals surface area contributed by atoms with E-state index in [1.165, 1.54) is 6.20 Å². The summed E-state index contributed by atoms with van der Waals surface area (Å²) in [6, 6.07) is 14.4. The molecule has 0 bridgehead atoms. The summed E-state index contributed by atoms with van der Waals surface area (Å²) < 4.78 is 1.61. The zero-order chi connectivity index (χ0) is 22.1. The number of carbonyl (C=O) groups excluding carboxylic acids is 2. The number of halogens is 1. The lowest BCUT2D eigenvalue weighted by Gasteiger charge is -2.19. The number of nitrogens with one attached hydrogen (secondary N) is 1. The number of benzene rings is 2. The number of aromatic nitrogens is 2. The second kappa shape index (κ2) is 8.20. The standard InChI is InChI=1S/C24H16ClN5O2/c25-17-7-11-19(12-8-17)30-14-16(13-26-30)23(31)27-18-9-5-15(6-10-18)22-20-3-1-2-4-21(20)24(32)29-28-22/h1-14,21H,(H,27,31). The van der Waals surface area contributed by atoms with Crippen LogP contribution in [0.15, 0.2) is 101 Å². The first-order valence-electron chi connectivity index (χ1n) is 9.85. The van der Waals surface area contributed by atoms with Gasteiger partial charge >= 0.3 is 0 Å². The summed E-state index contributed by atoms with van der Waals surface area (Å²) in [6.45, 7) is 0. The highest BCUT2D eigenvalue weighted by atomic mass is 35.5. The fourth-order valence-corrected chi connectivity index (χ4v) is 3.64. The molecule has 1 atom stereocenters. The molecule has 2 aliphatic rings. The third-order valence-corrected chi connectivity index (χ3v) is 5.42. The molecule has 2 heterocycles. The Kier molecular flexibility index (Phi) is 5.09. The predicted molar refractivity (Wildman–Crippen MR) is 122 cm³/mol. The van der Waals surface area contributed by atoms with Gasteiger partial charge in [-0.2, -0.15) is 5.10 Å². The highest BCUT2D eigenvalue weighted by Crippen LogP contribution is 2.34.